The first-order valence-corrected chi connectivity index (χ1v) is 6.09. The van der Waals surface area contributed by atoms with Crippen molar-refractivity contribution in [2.24, 2.45) is 0 Å². The van der Waals surface area contributed by atoms with Crippen molar-refractivity contribution in [1.82, 2.24) is 0 Å². The minimum atomic E-state index is 1.12. The van der Waals surface area contributed by atoms with E-state index in [-0.39, 0.29) is 0 Å². The third kappa shape index (κ3) is 2.95. The lowest BCUT2D eigenvalue weighted by atomic mass is 9.95. The third-order valence-corrected chi connectivity index (χ3v) is 3.18. The van der Waals surface area contributed by atoms with E-state index in [0.29, 0.717) is 0 Å². The topological polar surface area (TPSA) is 0 Å². The molecule has 0 saturated heterocycles. The van der Waals surface area contributed by atoms with Crippen molar-refractivity contribution in [1.29, 1.82) is 0 Å². The van der Waals surface area contributed by atoms with Crippen molar-refractivity contribution in [2.45, 2.75) is 45.4 Å². The maximum Gasteiger partial charge on any atom is -0.00947 e. The summed E-state index contributed by atoms with van der Waals surface area (Å²) in [5.41, 5.74) is 4.50. The summed E-state index contributed by atoms with van der Waals surface area (Å²) < 4.78 is 0. The largest absolute Gasteiger partial charge is 0.0882 e. The highest BCUT2D eigenvalue weighted by atomic mass is 14.1. The van der Waals surface area contributed by atoms with Gasteiger partial charge in [0.05, 0.1) is 0 Å². The molecule has 80 valence electrons. The first-order chi connectivity index (χ1) is 7.36. The molecule has 0 aliphatic heterocycles. The highest BCUT2D eigenvalue weighted by molar-refractivity contribution is 5.33. The van der Waals surface area contributed by atoms with Crippen LogP contribution in [0.4, 0.5) is 0 Å². The number of aryl methyl sites for hydroxylation is 2. The zero-order valence-corrected chi connectivity index (χ0v) is 9.63. The van der Waals surface area contributed by atoms with Crippen LogP contribution in [0.3, 0.4) is 0 Å². The summed E-state index contributed by atoms with van der Waals surface area (Å²) in [6.45, 7) is 2.19. The van der Waals surface area contributed by atoms with Gasteiger partial charge in [0.15, 0.2) is 0 Å². The Morgan fingerprint density at radius 1 is 0.933 bits per heavy atom. The SMILES string of the molecule is Cc1ccc2c(c1)CCCCCC=CC2. The zero-order chi connectivity index (χ0) is 10.5. The summed E-state index contributed by atoms with van der Waals surface area (Å²) in [7, 11) is 0. The first kappa shape index (κ1) is 10.5. The van der Waals surface area contributed by atoms with Gasteiger partial charge in [0, 0.05) is 0 Å². The fraction of sp³-hybridized carbons (Fsp3) is 0.467. The molecule has 0 saturated carbocycles. The lowest BCUT2D eigenvalue weighted by Crippen LogP contribution is -1.96. The summed E-state index contributed by atoms with van der Waals surface area (Å²) in [5, 5.41) is 0. The molecule has 0 unspecified atom stereocenters. The molecule has 1 aromatic rings. The van der Waals surface area contributed by atoms with Crippen molar-refractivity contribution < 1.29 is 0 Å². The highest BCUT2D eigenvalue weighted by Gasteiger charge is 2.02. The molecular formula is C15H20. The lowest BCUT2D eigenvalue weighted by Gasteiger charge is -2.10. The van der Waals surface area contributed by atoms with E-state index < -0.39 is 0 Å². The molecule has 1 aromatic carbocycles. The maximum absolute atomic E-state index is 2.37. The molecule has 0 bridgehead atoms. The Morgan fingerprint density at radius 3 is 2.80 bits per heavy atom. The minimum absolute atomic E-state index is 1.12. The minimum Gasteiger partial charge on any atom is -0.0882 e. The number of hydrogen-bond acceptors (Lipinski definition) is 0. The maximum atomic E-state index is 2.37. The molecule has 0 radical (unpaired) electrons. The van der Waals surface area contributed by atoms with E-state index in [1.165, 1.54) is 43.2 Å². The Hall–Kier alpha value is -1.04. The van der Waals surface area contributed by atoms with Crippen molar-refractivity contribution in [3.8, 4) is 0 Å². The van der Waals surface area contributed by atoms with Crippen LogP contribution in [0.15, 0.2) is 30.4 Å². The van der Waals surface area contributed by atoms with Gasteiger partial charge in [-0.05, 0) is 50.2 Å². The van der Waals surface area contributed by atoms with Crippen LogP contribution in [0.5, 0.6) is 0 Å². The van der Waals surface area contributed by atoms with Crippen LogP contribution in [0.2, 0.25) is 0 Å². The van der Waals surface area contributed by atoms with Gasteiger partial charge in [-0.1, -0.05) is 42.3 Å². The van der Waals surface area contributed by atoms with Crippen LogP contribution < -0.4 is 0 Å². The molecule has 0 amide bonds. The molecule has 0 atom stereocenters. The second-order valence-corrected chi connectivity index (χ2v) is 4.55. The predicted molar refractivity (Wildman–Crippen MR) is 66.2 cm³/mol. The van der Waals surface area contributed by atoms with Gasteiger partial charge in [-0.3, -0.25) is 0 Å². The van der Waals surface area contributed by atoms with Gasteiger partial charge in [-0.25, -0.2) is 0 Å². The van der Waals surface area contributed by atoms with Crippen molar-refractivity contribution in [2.75, 3.05) is 0 Å². The molecular weight excluding hydrogens is 180 g/mol. The van der Waals surface area contributed by atoms with E-state index >= 15 is 0 Å². The van der Waals surface area contributed by atoms with Gasteiger partial charge < -0.3 is 0 Å². The second kappa shape index (κ2) is 5.16. The molecule has 0 aromatic heterocycles. The van der Waals surface area contributed by atoms with Crippen LogP contribution in [0.1, 0.15) is 42.4 Å². The average molecular weight is 200 g/mol. The molecule has 0 heteroatoms. The number of benzene rings is 1. The van der Waals surface area contributed by atoms with Gasteiger partial charge in [0.25, 0.3) is 0 Å². The predicted octanol–water partition coefficient (Wildman–Crippen LogP) is 4.21. The molecule has 0 nitrogen and oxygen atoms in total. The second-order valence-electron chi connectivity index (χ2n) is 4.55. The van der Waals surface area contributed by atoms with E-state index in [1.54, 1.807) is 5.56 Å². The van der Waals surface area contributed by atoms with Gasteiger partial charge in [0.1, 0.15) is 0 Å². The van der Waals surface area contributed by atoms with Crippen molar-refractivity contribution >= 4 is 0 Å². The van der Waals surface area contributed by atoms with E-state index in [9.17, 15) is 0 Å². The lowest BCUT2D eigenvalue weighted by molar-refractivity contribution is 0.681. The quantitative estimate of drug-likeness (QED) is 0.550. The summed E-state index contributed by atoms with van der Waals surface area (Å²) in [5.74, 6) is 0. The van der Waals surface area contributed by atoms with Crippen LogP contribution in [0.25, 0.3) is 0 Å². The standard InChI is InChI=1S/C15H20/c1-13-10-11-14-8-6-4-2-3-5-7-9-15(14)12-13/h4,6,10-12H,2-3,5,7-9H2,1H3. The summed E-state index contributed by atoms with van der Waals surface area (Å²) in [4.78, 5) is 0. The molecule has 2 rings (SSSR count). The molecule has 0 N–H and O–H groups in total. The fourth-order valence-electron chi connectivity index (χ4n) is 2.27. The molecule has 1 aliphatic rings. The van der Waals surface area contributed by atoms with E-state index in [2.05, 4.69) is 37.3 Å². The molecule has 15 heavy (non-hydrogen) atoms. The van der Waals surface area contributed by atoms with Gasteiger partial charge in [-0.2, -0.15) is 0 Å². The average Bonchev–Trinajstić information content (AvgIpc) is 2.25. The molecule has 0 spiro atoms. The fourth-order valence-corrected chi connectivity index (χ4v) is 2.27. The Labute approximate surface area is 93.0 Å². The summed E-state index contributed by atoms with van der Waals surface area (Å²) >= 11 is 0. The normalized spacial score (nSPS) is 17.1. The van der Waals surface area contributed by atoms with Gasteiger partial charge >= 0.3 is 0 Å². The van der Waals surface area contributed by atoms with Crippen molar-refractivity contribution in [3.05, 3.63) is 47.0 Å². The summed E-state index contributed by atoms with van der Waals surface area (Å²) in [6, 6.07) is 6.90. The highest BCUT2D eigenvalue weighted by Crippen LogP contribution is 2.18. The Balaban J connectivity index is 2.23. The summed E-state index contributed by atoms with van der Waals surface area (Å²) in [6.07, 6.45) is 12.4. The molecule has 1 aliphatic carbocycles. The molecule has 0 heterocycles. The Bertz CT molecular complexity index is 347. The van der Waals surface area contributed by atoms with Gasteiger partial charge in [-0.15, -0.1) is 0 Å². The third-order valence-electron chi connectivity index (χ3n) is 3.18. The molecule has 0 fully saturated rings. The number of allylic oxidation sites excluding steroid dienone is 2. The number of fused-ring (bicyclic) bond motifs is 1. The monoisotopic (exact) mass is 200 g/mol. The Kier molecular flexibility index (Phi) is 3.60. The first-order valence-electron chi connectivity index (χ1n) is 6.09. The van der Waals surface area contributed by atoms with Crippen LogP contribution in [-0.4, -0.2) is 0 Å². The van der Waals surface area contributed by atoms with Crippen LogP contribution in [0, 0.1) is 6.92 Å². The number of rotatable bonds is 0. The van der Waals surface area contributed by atoms with Gasteiger partial charge in [0.2, 0.25) is 0 Å². The zero-order valence-electron chi connectivity index (χ0n) is 9.63. The van der Waals surface area contributed by atoms with E-state index in [1.807, 2.05) is 0 Å². The van der Waals surface area contributed by atoms with Crippen molar-refractivity contribution in [3.63, 3.8) is 0 Å². The van der Waals surface area contributed by atoms with Crippen LogP contribution in [-0.2, 0) is 12.8 Å². The van der Waals surface area contributed by atoms with Crippen LogP contribution >= 0.6 is 0 Å². The van der Waals surface area contributed by atoms with E-state index in [4.69, 9.17) is 0 Å². The van der Waals surface area contributed by atoms with E-state index in [0.717, 1.165) is 6.42 Å². The number of hydrogen-bond donors (Lipinski definition) is 0. The smallest absolute Gasteiger partial charge is 0.00947 e. The Morgan fingerprint density at radius 2 is 1.87 bits per heavy atom.